The molecule has 1 heterocycles. The average molecular weight is 416 g/mol. The van der Waals surface area contributed by atoms with Gasteiger partial charge in [-0.1, -0.05) is 11.6 Å². The van der Waals surface area contributed by atoms with Gasteiger partial charge in [0, 0.05) is 22.5 Å². The molecule has 1 saturated heterocycles. The molecule has 0 saturated carbocycles. The molecule has 0 aromatic heterocycles. The number of likely N-dealkylation sites (tertiary alicyclic amines) is 1. The largest absolute Gasteiger partial charge is 0.471 e. The minimum Gasteiger partial charge on any atom is -0.391 e. The smallest absolute Gasteiger partial charge is 0.391 e. The number of hydrogen-bond acceptors (Lipinski definition) is 3. The van der Waals surface area contributed by atoms with Gasteiger partial charge in [-0.3, -0.25) is 9.59 Å². The van der Waals surface area contributed by atoms with Crippen molar-refractivity contribution < 1.29 is 27.9 Å². The number of nitrogens with one attached hydrogen (secondary N) is 1. The van der Waals surface area contributed by atoms with E-state index in [0.717, 1.165) is 0 Å². The number of nitrogens with zero attached hydrogens (tertiary/aromatic N) is 1. The van der Waals surface area contributed by atoms with Crippen LogP contribution in [0.15, 0.2) is 22.7 Å². The fraction of sp³-hybridized carbons (Fsp3) is 0.385. The predicted molar refractivity (Wildman–Crippen MR) is 80.0 cm³/mol. The van der Waals surface area contributed by atoms with Crippen LogP contribution in [-0.4, -0.2) is 46.7 Å². The summed E-state index contributed by atoms with van der Waals surface area (Å²) >= 11 is 8.92. The number of benzene rings is 1. The first-order chi connectivity index (χ1) is 10.6. The molecule has 1 aliphatic heterocycles. The van der Waals surface area contributed by atoms with Crippen molar-refractivity contribution in [1.82, 2.24) is 4.90 Å². The zero-order valence-corrected chi connectivity index (χ0v) is 13.7. The van der Waals surface area contributed by atoms with E-state index in [1.165, 1.54) is 18.2 Å². The predicted octanol–water partition coefficient (Wildman–Crippen LogP) is 2.57. The molecule has 0 radical (unpaired) electrons. The molecule has 2 N–H and O–H groups in total. The van der Waals surface area contributed by atoms with Gasteiger partial charge in [0.1, 0.15) is 6.04 Å². The van der Waals surface area contributed by atoms with E-state index in [-0.39, 0.29) is 6.42 Å². The molecular formula is C13H11BrClF3N2O3. The molecule has 1 aliphatic rings. The Morgan fingerprint density at radius 2 is 2.04 bits per heavy atom. The highest BCUT2D eigenvalue weighted by molar-refractivity contribution is 9.10. The van der Waals surface area contributed by atoms with Crippen LogP contribution in [0.2, 0.25) is 5.02 Å². The standard InChI is InChI=1S/C13H11BrClF3N2O3/c14-8-3-6(15)1-2-9(8)19-11(22)10-4-7(21)5-20(10)12(23)13(16,17)18/h1-3,7,10,21H,4-5H2,(H,19,22)/t7-,10+/m0/s1. The van der Waals surface area contributed by atoms with Gasteiger partial charge in [0.25, 0.3) is 0 Å². The molecule has 0 spiro atoms. The summed E-state index contributed by atoms with van der Waals surface area (Å²) in [4.78, 5) is 23.9. The fourth-order valence-electron chi connectivity index (χ4n) is 2.26. The third-order valence-electron chi connectivity index (χ3n) is 3.27. The second kappa shape index (κ2) is 6.66. The highest BCUT2D eigenvalue weighted by Gasteiger charge is 2.49. The van der Waals surface area contributed by atoms with E-state index in [0.29, 0.717) is 20.1 Å². The van der Waals surface area contributed by atoms with Crippen molar-refractivity contribution in [3.05, 3.63) is 27.7 Å². The first kappa shape index (κ1) is 18.0. The molecule has 0 bridgehead atoms. The lowest BCUT2D eigenvalue weighted by atomic mass is 10.1. The Kier molecular flexibility index (Phi) is 5.22. The van der Waals surface area contributed by atoms with Gasteiger partial charge < -0.3 is 15.3 Å². The molecule has 2 atom stereocenters. The summed E-state index contributed by atoms with van der Waals surface area (Å²) in [6.07, 6.45) is -6.56. The maximum absolute atomic E-state index is 12.6. The van der Waals surface area contributed by atoms with Gasteiger partial charge in [0.2, 0.25) is 5.91 Å². The van der Waals surface area contributed by atoms with Gasteiger partial charge in [0.05, 0.1) is 11.8 Å². The van der Waals surface area contributed by atoms with Crippen LogP contribution < -0.4 is 5.32 Å². The van der Waals surface area contributed by atoms with Crippen LogP contribution in [0, 0.1) is 0 Å². The first-order valence-electron chi connectivity index (χ1n) is 6.41. The van der Waals surface area contributed by atoms with Crippen LogP contribution >= 0.6 is 27.5 Å². The Morgan fingerprint density at radius 3 is 2.61 bits per heavy atom. The molecule has 5 nitrogen and oxygen atoms in total. The Morgan fingerprint density at radius 1 is 1.39 bits per heavy atom. The molecule has 0 aliphatic carbocycles. The lowest BCUT2D eigenvalue weighted by Crippen LogP contribution is -2.48. The zero-order valence-electron chi connectivity index (χ0n) is 11.4. The maximum Gasteiger partial charge on any atom is 0.471 e. The van der Waals surface area contributed by atoms with E-state index in [1.54, 1.807) is 0 Å². The number of halogens is 5. The number of anilines is 1. The molecule has 1 aromatic carbocycles. The summed E-state index contributed by atoms with van der Waals surface area (Å²) in [5, 5.41) is 12.3. The van der Waals surface area contributed by atoms with Gasteiger partial charge in [0.15, 0.2) is 0 Å². The third-order valence-corrected chi connectivity index (χ3v) is 4.17. The molecule has 126 valence electrons. The molecule has 0 unspecified atom stereocenters. The molecule has 2 amide bonds. The molecule has 1 aromatic rings. The van der Waals surface area contributed by atoms with E-state index >= 15 is 0 Å². The summed E-state index contributed by atoms with van der Waals surface area (Å²) in [5.74, 6) is -2.97. The van der Waals surface area contributed by atoms with Crippen LogP contribution in [-0.2, 0) is 9.59 Å². The number of aliphatic hydroxyl groups excluding tert-OH is 1. The van der Waals surface area contributed by atoms with Crippen LogP contribution in [0.4, 0.5) is 18.9 Å². The van der Waals surface area contributed by atoms with Crippen molar-refractivity contribution in [1.29, 1.82) is 0 Å². The van der Waals surface area contributed by atoms with E-state index in [4.69, 9.17) is 11.6 Å². The van der Waals surface area contributed by atoms with Crippen molar-refractivity contribution in [2.45, 2.75) is 24.7 Å². The van der Waals surface area contributed by atoms with Crippen molar-refractivity contribution in [2.75, 3.05) is 11.9 Å². The van der Waals surface area contributed by atoms with Gasteiger partial charge in [-0.2, -0.15) is 13.2 Å². The zero-order chi connectivity index (χ0) is 17.4. The SMILES string of the molecule is O=C(Nc1ccc(Cl)cc1Br)[C@H]1C[C@H](O)CN1C(=O)C(F)(F)F. The molecular weight excluding hydrogens is 405 g/mol. The number of rotatable bonds is 2. The number of alkyl halides is 3. The highest BCUT2D eigenvalue weighted by atomic mass is 79.9. The Bertz CT molecular complexity index is 641. The summed E-state index contributed by atoms with van der Waals surface area (Å²) in [6, 6.07) is 3.05. The number of hydrogen-bond donors (Lipinski definition) is 2. The fourth-order valence-corrected chi connectivity index (χ4v) is 3.04. The monoisotopic (exact) mass is 414 g/mol. The van der Waals surface area contributed by atoms with E-state index in [1.807, 2.05) is 0 Å². The van der Waals surface area contributed by atoms with Crippen LogP contribution in [0.1, 0.15) is 6.42 Å². The Hall–Kier alpha value is -1.32. The number of carbonyl (C=O) groups excluding carboxylic acids is 2. The van der Waals surface area contributed by atoms with Crippen molar-refractivity contribution >= 4 is 45.0 Å². The number of β-amino-alcohol motifs (C(OH)–C–C–N with tert-alkyl or cyclic N) is 1. The average Bonchev–Trinajstić information content (AvgIpc) is 2.82. The number of amides is 2. The van der Waals surface area contributed by atoms with E-state index in [2.05, 4.69) is 21.2 Å². The van der Waals surface area contributed by atoms with E-state index in [9.17, 15) is 27.9 Å². The lowest BCUT2D eigenvalue weighted by molar-refractivity contribution is -0.186. The normalized spacial score (nSPS) is 21.4. The minimum atomic E-state index is -5.11. The third kappa shape index (κ3) is 4.15. The van der Waals surface area contributed by atoms with Crippen molar-refractivity contribution in [2.24, 2.45) is 0 Å². The summed E-state index contributed by atoms with van der Waals surface area (Å²) in [5.41, 5.74) is 0.292. The van der Waals surface area contributed by atoms with Crippen molar-refractivity contribution in [3.8, 4) is 0 Å². The van der Waals surface area contributed by atoms with Crippen LogP contribution in [0.25, 0.3) is 0 Å². The number of carbonyl (C=O) groups is 2. The minimum absolute atomic E-state index is 0.265. The summed E-state index contributed by atoms with van der Waals surface area (Å²) in [7, 11) is 0. The van der Waals surface area contributed by atoms with E-state index < -0.39 is 36.7 Å². The van der Waals surface area contributed by atoms with Gasteiger partial charge in [-0.05, 0) is 34.1 Å². The van der Waals surface area contributed by atoms with Crippen LogP contribution in [0.5, 0.6) is 0 Å². The topological polar surface area (TPSA) is 69.6 Å². The summed E-state index contributed by atoms with van der Waals surface area (Å²) < 4.78 is 38.2. The first-order valence-corrected chi connectivity index (χ1v) is 7.58. The quantitative estimate of drug-likeness (QED) is 0.780. The second-order valence-electron chi connectivity index (χ2n) is 4.97. The Balaban J connectivity index is 2.18. The number of aliphatic hydroxyl groups is 1. The molecule has 23 heavy (non-hydrogen) atoms. The molecule has 1 fully saturated rings. The van der Waals surface area contributed by atoms with Gasteiger partial charge in [-0.15, -0.1) is 0 Å². The molecule has 2 rings (SSSR count). The Labute approximate surface area is 142 Å². The lowest BCUT2D eigenvalue weighted by Gasteiger charge is -2.24. The van der Waals surface area contributed by atoms with Crippen molar-refractivity contribution in [3.63, 3.8) is 0 Å². The second-order valence-corrected chi connectivity index (χ2v) is 6.26. The van der Waals surface area contributed by atoms with Gasteiger partial charge >= 0.3 is 12.1 Å². The molecule has 10 heteroatoms. The highest BCUT2D eigenvalue weighted by Crippen LogP contribution is 2.29. The van der Waals surface area contributed by atoms with Crippen LogP contribution in [0.3, 0.4) is 0 Å². The maximum atomic E-state index is 12.6. The summed E-state index contributed by atoms with van der Waals surface area (Å²) in [6.45, 7) is -0.543. The van der Waals surface area contributed by atoms with Gasteiger partial charge in [-0.25, -0.2) is 0 Å².